The molecule has 0 radical (unpaired) electrons. The molecule has 1 heterocycles. The topological polar surface area (TPSA) is 42.4 Å². The summed E-state index contributed by atoms with van der Waals surface area (Å²) in [4.78, 5) is 18.7. The highest BCUT2D eigenvalue weighted by Gasteiger charge is 2.17. The van der Waals surface area contributed by atoms with E-state index in [0.29, 0.717) is 12.2 Å². The fraction of sp³-hybridized carbons (Fsp3) is 0.217. The van der Waals surface area contributed by atoms with Crippen molar-refractivity contribution in [1.29, 1.82) is 0 Å². The Bertz CT molecular complexity index is 929. The molecule has 4 nitrogen and oxygen atoms in total. The maximum absolute atomic E-state index is 12.9. The van der Waals surface area contributed by atoms with E-state index in [4.69, 9.17) is 4.74 Å². The van der Waals surface area contributed by atoms with Crippen LogP contribution in [-0.2, 0) is 6.61 Å². The highest BCUT2D eigenvalue weighted by atomic mass is 16.5. The van der Waals surface area contributed by atoms with Crippen molar-refractivity contribution in [2.45, 2.75) is 27.4 Å². The second-order valence-electron chi connectivity index (χ2n) is 6.79. The molecule has 0 spiro atoms. The molecule has 0 aliphatic carbocycles. The van der Waals surface area contributed by atoms with Gasteiger partial charge in [-0.1, -0.05) is 18.2 Å². The number of nitrogens with zero attached hydrogens (tertiary/aromatic N) is 2. The molecule has 0 N–H and O–H groups in total. The Balaban J connectivity index is 1.80. The lowest BCUT2D eigenvalue weighted by atomic mass is 10.0. The number of hydrogen-bond donors (Lipinski definition) is 0. The summed E-state index contributed by atoms with van der Waals surface area (Å²) in [5, 5.41) is 0. The molecule has 0 saturated carbocycles. The Morgan fingerprint density at radius 3 is 2.41 bits per heavy atom. The number of rotatable bonds is 5. The molecule has 138 valence electrons. The summed E-state index contributed by atoms with van der Waals surface area (Å²) in [6.07, 6.45) is 3.53. The van der Waals surface area contributed by atoms with Crippen molar-refractivity contribution in [2.24, 2.45) is 0 Å². The minimum absolute atomic E-state index is 0.0365. The van der Waals surface area contributed by atoms with Crippen LogP contribution in [0.5, 0.6) is 5.75 Å². The first kappa shape index (κ1) is 18.6. The van der Waals surface area contributed by atoms with Gasteiger partial charge in [0.05, 0.1) is 0 Å². The highest BCUT2D eigenvalue weighted by Crippen LogP contribution is 2.27. The van der Waals surface area contributed by atoms with E-state index in [0.717, 1.165) is 33.7 Å². The summed E-state index contributed by atoms with van der Waals surface area (Å²) in [6.45, 7) is 6.40. The molecule has 1 amide bonds. The Morgan fingerprint density at radius 1 is 1.04 bits per heavy atom. The van der Waals surface area contributed by atoms with E-state index in [1.165, 1.54) is 0 Å². The maximum atomic E-state index is 12.9. The predicted molar refractivity (Wildman–Crippen MR) is 108 cm³/mol. The SMILES string of the molecule is Cc1cccc(N(C)C(=O)c2cc(C)c(OCc3cccnc3)c(C)c2)c1. The Labute approximate surface area is 160 Å². The van der Waals surface area contributed by atoms with Crippen molar-refractivity contribution in [1.82, 2.24) is 4.98 Å². The second-order valence-corrected chi connectivity index (χ2v) is 6.79. The minimum atomic E-state index is -0.0365. The monoisotopic (exact) mass is 360 g/mol. The van der Waals surface area contributed by atoms with E-state index < -0.39 is 0 Å². The molecular weight excluding hydrogens is 336 g/mol. The number of benzene rings is 2. The molecule has 1 aromatic heterocycles. The molecule has 0 saturated heterocycles. The van der Waals surface area contributed by atoms with Crippen LogP contribution >= 0.6 is 0 Å². The quantitative estimate of drug-likeness (QED) is 0.652. The largest absolute Gasteiger partial charge is 0.488 e. The van der Waals surface area contributed by atoms with E-state index in [2.05, 4.69) is 4.98 Å². The van der Waals surface area contributed by atoms with Crippen LogP contribution in [0.25, 0.3) is 0 Å². The van der Waals surface area contributed by atoms with Gasteiger partial charge in [0, 0.05) is 36.3 Å². The Hall–Kier alpha value is -3.14. The normalized spacial score (nSPS) is 10.5. The van der Waals surface area contributed by atoms with Crippen LogP contribution in [0.1, 0.15) is 32.6 Å². The zero-order valence-electron chi connectivity index (χ0n) is 16.2. The van der Waals surface area contributed by atoms with Gasteiger partial charge in [0.15, 0.2) is 0 Å². The maximum Gasteiger partial charge on any atom is 0.258 e. The molecule has 0 aliphatic rings. The predicted octanol–water partition coefficient (Wildman–Crippen LogP) is 4.86. The Kier molecular flexibility index (Phi) is 5.55. The van der Waals surface area contributed by atoms with Gasteiger partial charge in [-0.25, -0.2) is 0 Å². The van der Waals surface area contributed by atoms with Crippen molar-refractivity contribution in [2.75, 3.05) is 11.9 Å². The third-order valence-corrected chi connectivity index (χ3v) is 4.51. The van der Waals surface area contributed by atoms with Gasteiger partial charge in [-0.2, -0.15) is 0 Å². The standard InChI is InChI=1S/C23H24N2O2/c1-16-7-5-9-21(11-16)25(4)23(26)20-12-17(2)22(18(3)13-20)27-15-19-8-6-10-24-14-19/h5-14H,15H2,1-4H3. The lowest BCUT2D eigenvalue weighted by molar-refractivity contribution is 0.0993. The third kappa shape index (κ3) is 4.34. The van der Waals surface area contributed by atoms with E-state index in [9.17, 15) is 4.79 Å². The van der Waals surface area contributed by atoms with Gasteiger partial charge in [0.25, 0.3) is 5.91 Å². The van der Waals surface area contributed by atoms with Crippen LogP contribution in [0.2, 0.25) is 0 Å². The number of hydrogen-bond acceptors (Lipinski definition) is 3. The first-order chi connectivity index (χ1) is 13.0. The second kappa shape index (κ2) is 8.04. The minimum Gasteiger partial charge on any atom is -0.488 e. The summed E-state index contributed by atoms with van der Waals surface area (Å²) >= 11 is 0. The van der Waals surface area contributed by atoms with Crippen LogP contribution in [-0.4, -0.2) is 17.9 Å². The molecule has 27 heavy (non-hydrogen) atoms. The highest BCUT2D eigenvalue weighted by molar-refractivity contribution is 6.06. The summed E-state index contributed by atoms with van der Waals surface area (Å²) in [5.41, 5.74) is 5.56. The first-order valence-electron chi connectivity index (χ1n) is 8.93. The average molecular weight is 360 g/mol. The van der Waals surface area contributed by atoms with Crippen molar-refractivity contribution in [3.8, 4) is 5.75 Å². The van der Waals surface area contributed by atoms with E-state index in [-0.39, 0.29) is 5.91 Å². The molecule has 0 fully saturated rings. The van der Waals surface area contributed by atoms with Gasteiger partial charge >= 0.3 is 0 Å². The van der Waals surface area contributed by atoms with Crippen molar-refractivity contribution in [3.63, 3.8) is 0 Å². The van der Waals surface area contributed by atoms with Crippen LogP contribution < -0.4 is 9.64 Å². The summed E-state index contributed by atoms with van der Waals surface area (Å²) in [7, 11) is 1.80. The molecule has 0 atom stereocenters. The van der Waals surface area contributed by atoms with Crippen molar-refractivity contribution in [3.05, 3.63) is 88.7 Å². The Morgan fingerprint density at radius 2 is 1.78 bits per heavy atom. The van der Waals surface area contributed by atoms with Gasteiger partial charge in [0.1, 0.15) is 12.4 Å². The van der Waals surface area contributed by atoms with E-state index >= 15 is 0 Å². The van der Waals surface area contributed by atoms with Gasteiger partial charge in [0.2, 0.25) is 0 Å². The number of carbonyl (C=O) groups excluding carboxylic acids is 1. The lowest BCUT2D eigenvalue weighted by Gasteiger charge is -2.20. The molecule has 3 rings (SSSR count). The van der Waals surface area contributed by atoms with Crippen LogP contribution in [0, 0.1) is 20.8 Å². The first-order valence-corrected chi connectivity index (χ1v) is 8.93. The fourth-order valence-corrected chi connectivity index (χ4v) is 3.09. The molecule has 0 aliphatic heterocycles. The van der Waals surface area contributed by atoms with Gasteiger partial charge in [-0.3, -0.25) is 9.78 Å². The van der Waals surface area contributed by atoms with E-state index in [1.54, 1.807) is 24.3 Å². The van der Waals surface area contributed by atoms with Crippen LogP contribution in [0.4, 0.5) is 5.69 Å². The third-order valence-electron chi connectivity index (χ3n) is 4.51. The average Bonchev–Trinajstić information content (AvgIpc) is 2.67. The number of amides is 1. The molecule has 2 aromatic carbocycles. The summed E-state index contributed by atoms with van der Waals surface area (Å²) in [6, 6.07) is 15.6. The van der Waals surface area contributed by atoms with Gasteiger partial charge in [-0.05, 0) is 67.8 Å². The van der Waals surface area contributed by atoms with Gasteiger partial charge in [-0.15, -0.1) is 0 Å². The number of aromatic nitrogens is 1. The molecule has 0 unspecified atom stereocenters. The molecule has 4 heteroatoms. The van der Waals surface area contributed by atoms with E-state index in [1.807, 2.05) is 69.3 Å². The molecular formula is C23H24N2O2. The number of ether oxygens (including phenoxy) is 1. The smallest absolute Gasteiger partial charge is 0.258 e. The summed E-state index contributed by atoms with van der Waals surface area (Å²) in [5.74, 6) is 0.777. The van der Waals surface area contributed by atoms with Crippen LogP contribution in [0.15, 0.2) is 60.9 Å². The number of carbonyl (C=O) groups is 1. The molecule has 3 aromatic rings. The zero-order valence-corrected chi connectivity index (χ0v) is 16.2. The number of pyridine rings is 1. The van der Waals surface area contributed by atoms with Gasteiger partial charge < -0.3 is 9.64 Å². The van der Waals surface area contributed by atoms with Crippen LogP contribution in [0.3, 0.4) is 0 Å². The number of anilines is 1. The number of aryl methyl sites for hydroxylation is 3. The summed E-state index contributed by atoms with van der Waals surface area (Å²) < 4.78 is 5.98. The van der Waals surface area contributed by atoms with Crippen molar-refractivity contribution >= 4 is 11.6 Å². The lowest BCUT2D eigenvalue weighted by Crippen LogP contribution is -2.26. The molecule has 0 bridgehead atoms. The van der Waals surface area contributed by atoms with Crippen molar-refractivity contribution < 1.29 is 9.53 Å². The fourth-order valence-electron chi connectivity index (χ4n) is 3.09. The zero-order chi connectivity index (χ0) is 19.4.